The molecule has 34 heavy (non-hydrogen) atoms. The molecule has 1 N–H and O–H groups in total. The van der Waals surface area contributed by atoms with Crippen LogP contribution in [0.1, 0.15) is 15.9 Å². The van der Waals surface area contributed by atoms with E-state index in [0.29, 0.717) is 21.9 Å². The SMILES string of the molecule is COc1ccc(C(=O)Oc2cccc(C=C3C(=O)NC(=O)N(c4ccc(Cl)cc4)C3=O)c2)cc1. The van der Waals surface area contributed by atoms with Gasteiger partial charge >= 0.3 is 12.0 Å². The third kappa shape index (κ3) is 4.82. The molecule has 1 aliphatic rings. The standard InChI is InChI=1S/C25H17ClN2O6/c1-33-19-11-5-16(6-12-19)24(31)34-20-4-2-3-15(13-20)14-21-22(29)27-25(32)28(23(21)30)18-9-7-17(26)8-10-18/h2-14H,1H3,(H,27,29,32). The Morgan fingerprint density at radius 1 is 0.941 bits per heavy atom. The van der Waals surface area contributed by atoms with E-state index in [9.17, 15) is 19.2 Å². The number of ether oxygens (including phenoxy) is 2. The minimum atomic E-state index is -0.864. The van der Waals surface area contributed by atoms with Crippen LogP contribution < -0.4 is 19.7 Å². The normalized spacial score (nSPS) is 14.7. The van der Waals surface area contributed by atoms with Crippen LogP contribution in [0, 0.1) is 0 Å². The number of hydrogen-bond donors (Lipinski definition) is 1. The molecule has 3 aromatic rings. The lowest BCUT2D eigenvalue weighted by atomic mass is 10.1. The molecule has 4 amide bonds. The average Bonchev–Trinajstić information content (AvgIpc) is 2.83. The molecule has 1 fully saturated rings. The second-order valence-corrected chi connectivity index (χ2v) is 7.56. The maximum atomic E-state index is 13.0. The first-order chi connectivity index (χ1) is 16.4. The fraction of sp³-hybridized carbons (Fsp3) is 0.0400. The fourth-order valence-electron chi connectivity index (χ4n) is 3.21. The van der Waals surface area contributed by atoms with Crippen LogP contribution in [0.25, 0.3) is 6.08 Å². The van der Waals surface area contributed by atoms with E-state index in [1.165, 1.54) is 43.5 Å². The number of carbonyl (C=O) groups is 4. The highest BCUT2D eigenvalue weighted by Gasteiger charge is 2.36. The third-order valence-corrected chi connectivity index (χ3v) is 5.14. The van der Waals surface area contributed by atoms with Crippen molar-refractivity contribution in [2.24, 2.45) is 0 Å². The van der Waals surface area contributed by atoms with Crippen LogP contribution >= 0.6 is 11.6 Å². The number of anilines is 1. The molecule has 4 rings (SSSR count). The van der Waals surface area contributed by atoms with Gasteiger partial charge in [0.05, 0.1) is 18.4 Å². The zero-order chi connectivity index (χ0) is 24.2. The predicted molar refractivity (Wildman–Crippen MR) is 125 cm³/mol. The number of barbiturate groups is 1. The van der Waals surface area contributed by atoms with Crippen molar-refractivity contribution in [3.8, 4) is 11.5 Å². The highest BCUT2D eigenvalue weighted by molar-refractivity contribution is 6.39. The number of esters is 1. The van der Waals surface area contributed by atoms with E-state index in [0.717, 1.165) is 4.90 Å². The maximum absolute atomic E-state index is 13.0. The van der Waals surface area contributed by atoms with Crippen LogP contribution in [0.3, 0.4) is 0 Å². The molecule has 170 valence electrons. The monoisotopic (exact) mass is 476 g/mol. The first-order valence-electron chi connectivity index (χ1n) is 9.99. The number of imide groups is 2. The molecule has 3 aromatic carbocycles. The van der Waals surface area contributed by atoms with E-state index in [1.54, 1.807) is 42.5 Å². The molecule has 1 aliphatic heterocycles. The molecule has 0 radical (unpaired) electrons. The summed E-state index contributed by atoms with van der Waals surface area (Å²) in [5, 5.41) is 2.58. The Kier molecular flexibility index (Phi) is 6.42. The summed E-state index contributed by atoms with van der Waals surface area (Å²) in [7, 11) is 1.52. The van der Waals surface area contributed by atoms with Crippen LogP contribution in [-0.4, -0.2) is 30.9 Å². The highest BCUT2D eigenvalue weighted by atomic mass is 35.5. The number of hydrogen-bond acceptors (Lipinski definition) is 6. The van der Waals surface area contributed by atoms with Gasteiger partial charge in [-0.3, -0.25) is 14.9 Å². The van der Waals surface area contributed by atoms with Gasteiger partial charge in [0.15, 0.2) is 0 Å². The summed E-state index contributed by atoms with van der Waals surface area (Å²) >= 11 is 5.88. The number of urea groups is 1. The molecule has 0 unspecified atom stereocenters. The Bertz CT molecular complexity index is 1320. The summed E-state index contributed by atoms with van der Waals surface area (Å²) in [5.41, 5.74) is 0.744. The number of rotatable bonds is 5. The van der Waals surface area contributed by atoms with Gasteiger partial charge < -0.3 is 9.47 Å². The first-order valence-corrected chi connectivity index (χ1v) is 10.4. The highest BCUT2D eigenvalue weighted by Crippen LogP contribution is 2.24. The van der Waals surface area contributed by atoms with Crippen LogP contribution in [-0.2, 0) is 9.59 Å². The molecule has 0 spiro atoms. The van der Waals surface area contributed by atoms with Crippen molar-refractivity contribution in [1.29, 1.82) is 0 Å². The molecule has 0 aliphatic carbocycles. The summed E-state index contributed by atoms with van der Waals surface area (Å²) in [6.07, 6.45) is 1.32. The van der Waals surface area contributed by atoms with Crippen LogP contribution in [0.15, 0.2) is 78.4 Å². The average molecular weight is 477 g/mol. The van der Waals surface area contributed by atoms with Gasteiger partial charge in [-0.25, -0.2) is 14.5 Å². The number of halogens is 1. The van der Waals surface area contributed by atoms with Gasteiger partial charge in [-0.15, -0.1) is 0 Å². The molecular weight excluding hydrogens is 460 g/mol. The van der Waals surface area contributed by atoms with Crippen molar-refractivity contribution in [3.63, 3.8) is 0 Å². The molecule has 0 aromatic heterocycles. The number of nitrogens with one attached hydrogen (secondary N) is 1. The Hall–Kier alpha value is -4.43. The van der Waals surface area contributed by atoms with E-state index >= 15 is 0 Å². The zero-order valence-corrected chi connectivity index (χ0v) is 18.5. The quantitative estimate of drug-likeness (QED) is 0.256. The molecule has 0 bridgehead atoms. The fourth-order valence-corrected chi connectivity index (χ4v) is 3.34. The van der Waals surface area contributed by atoms with E-state index in [2.05, 4.69) is 5.32 Å². The van der Waals surface area contributed by atoms with Gasteiger partial charge in [0.25, 0.3) is 11.8 Å². The lowest BCUT2D eigenvalue weighted by molar-refractivity contribution is -0.122. The summed E-state index contributed by atoms with van der Waals surface area (Å²) in [6, 6.07) is 17.9. The summed E-state index contributed by atoms with van der Waals surface area (Å²) in [4.78, 5) is 50.9. The third-order valence-electron chi connectivity index (χ3n) is 4.89. The van der Waals surface area contributed by atoms with Crippen LogP contribution in [0.2, 0.25) is 5.02 Å². The minimum absolute atomic E-state index is 0.212. The number of methoxy groups -OCH3 is 1. The van der Waals surface area contributed by atoms with Crippen LogP contribution in [0.5, 0.6) is 11.5 Å². The molecule has 1 heterocycles. The van der Waals surface area contributed by atoms with E-state index in [4.69, 9.17) is 21.1 Å². The Morgan fingerprint density at radius 3 is 2.32 bits per heavy atom. The summed E-state index contributed by atoms with van der Waals surface area (Å²) in [5.74, 6) is -1.40. The van der Waals surface area contributed by atoms with E-state index in [-0.39, 0.29) is 17.0 Å². The molecule has 9 heteroatoms. The van der Waals surface area contributed by atoms with Gasteiger partial charge in [0, 0.05) is 5.02 Å². The molecule has 0 atom stereocenters. The van der Waals surface area contributed by atoms with Gasteiger partial charge in [0.1, 0.15) is 17.1 Å². The Morgan fingerprint density at radius 2 is 1.65 bits per heavy atom. The van der Waals surface area contributed by atoms with Crippen molar-refractivity contribution < 1.29 is 28.7 Å². The molecule has 8 nitrogen and oxygen atoms in total. The van der Waals surface area contributed by atoms with E-state index < -0.39 is 23.8 Å². The number of nitrogens with zero attached hydrogens (tertiary/aromatic N) is 1. The van der Waals surface area contributed by atoms with Crippen molar-refractivity contribution >= 4 is 47.2 Å². The number of benzene rings is 3. The van der Waals surface area contributed by atoms with Gasteiger partial charge in [-0.2, -0.15) is 0 Å². The van der Waals surface area contributed by atoms with Crippen molar-refractivity contribution in [3.05, 3.63) is 94.5 Å². The lowest BCUT2D eigenvalue weighted by Crippen LogP contribution is -2.54. The smallest absolute Gasteiger partial charge is 0.343 e. The zero-order valence-electron chi connectivity index (χ0n) is 17.8. The molecule has 0 saturated carbocycles. The molecule has 1 saturated heterocycles. The summed E-state index contributed by atoms with van der Waals surface area (Å²) < 4.78 is 10.5. The second-order valence-electron chi connectivity index (χ2n) is 7.12. The largest absolute Gasteiger partial charge is 0.497 e. The van der Waals surface area contributed by atoms with Gasteiger partial charge in [-0.05, 0) is 72.3 Å². The molecular formula is C25H17ClN2O6. The van der Waals surface area contributed by atoms with Crippen molar-refractivity contribution in [1.82, 2.24) is 5.32 Å². The van der Waals surface area contributed by atoms with Gasteiger partial charge in [0.2, 0.25) is 0 Å². The lowest BCUT2D eigenvalue weighted by Gasteiger charge is -2.26. The Labute approximate surface area is 199 Å². The minimum Gasteiger partial charge on any atom is -0.497 e. The van der Waals surface area contributed by atoms with Crippen molar-refractivity contribution in [2.45, 2.75) is 0 Å². The van der Waals surface area contributed by atoms with Crippen LogP contribution in [0.4, 0.5) is 10.5 Å². The van der Waals surface area contributed by atoms with E-state index in [1.807, 2.05) is 0 Å². The second kappa shape index (κ2) is 9.60. The summed E-state index contributed by atoms with van der Waals surface area (Å²) in [6.45, 7) is 0. The topological polar surface area (TPSA) is 102 Å². The predicted octanol–water partition coefficient (Wildman–Crippen LogP) is 4.23. The number of amides is 4. The Balaban J connectivity index is 1.57. The number of carbonyl (C=O) groups excluding carboxylic acids is 4. The maximum Gasteiger partial charge on any atom is 0.343 e. The van der Waals surface area contributed by atoms with Gasteiger partial charge in [-0.1, -0.05) is 23.7 Å². The van der Waals surface area contributed by atoms with Crippen molar-refractivity contribution in [2.75, 3.05) is 12.0 Å². The first kappa shape index (κ1) is 22.8.